The highest BCUT2D eigenvalue weighted by Crippen LogP contribution is 2.21. The van der Waals surface area contributed by atoms with Gasteiger partial charge in [0.2, 0.25) is 5.91 Å². The molecule has 0 aromatic heterocycles. The molecule has 1 rings (SSSR count). The smallest absolute Gasteiger partial charge is 0.221 e. The van der Waals surface area contributed by atoms with Crippen LogP contribution in [-0.4, -0.2) is 5.91 Å². The average Bonchev–Trinajstić information content (AvgIpc) is 2.08. The van der Waals surface area contributed by atoms with E-state index in [0.717, 1.165) is 11.1 Å². The Morgan fingerprint density at radius 3 is 2.57 bits per heavy atom. The van der Waals surface area contributed by atoms with Crippen LogP contribution in [0.4, 0.5) is 5.69 Å². The molecule has 1 amide bonds. The lowest BCUT2D eigenvalue weighted by molar-refractivity contribution is -0.114. The van der Waals surface area contributed by atoms with E-state index in [1.165, 1.54) is 6.92 Å². The van der Waals surface area contributed by atoms with Crippen LogP contribution >= 0.6 is 0 Å². The molecule has 1 N–H and O–H groups in total. The Morgan fingerprint density at radius 2 is 2.07 bits per heavy atom. The lowest BCUT2D eigenvalue weighted by atomic mass is 10.0. The van der Waals surface area contributed by atoms with Gasteiger partial charge in [-0.15, -0.1) is 0 Å². The summed E-state index contributed by atoms with van der Waals surface area (Å²) in [6, 6.07) is 5.77. The van der Waals surface area contributed by atoms with Gasteiger partial charge in [-0.1, -0.05) is 6.07 Å². The molecule has 1 aromatic carbocycles. The molecule has 0 saturated carbocycles. The van der Waals surface area contributed by atoms with Crippen molar-refractivity contribution in [1.82, 2.24) is 0 Å². The van der Waals surface area contributed by atoms with Gasteiger partial charge in [0, 0.05) is 6.92 Å². The molecule has 0 radical (unpaired) electrons. The number of hydrogen-bond acceptors (Lipinski definition) is 2. The second kappa shape index (κ2) is 3.93. The fourth-order valence-electron chi connectivity index (χ4n) is 1.40. The third-order valence-corrected chi connectivity index (χ3v) is 1.90. The molecule has 3 nitrogen and oxygen atoms in total. The van der Waals surface area contributed by atoms with Crippen molar-refractivity contribution < 1.29 is 4.79 Å². The predicted molar refractivity (Wildman–Crippen MR) is 54.9 cm³/mol. The van der Waals surface area contributed by atoms with Crippen molar-refractivity contribution in [2.75, 3.05) is 5.32 Å². The standard InChI is InChI=1S/C11H12N2O/c1-7-4-8(2)11(13-9(3)14)10(5-7)6-12/h4-5H,1-3H3,(H,13,14). The van der Waals surface area contributed by atoms with Crippen LogP contribution in [0, 0.1) is 25.2 Å². The van der Waals surface area contributed by atoms with E-state index in [0.29, 0.717) is 11.3 Å². The molecule has 0 atom stereocenters. The van der Waals surface area contributed by atoms with E-state index in [2.05, 4.69) is 11.4 Å². The van der Waals surface area contributed by atoms with Gasteiger partial charge < -0.3 is 5.32 Å². The molecule has 0 aliphatic rings. The van der Waals surface area contributed by atoms with E-state index in [1.807, 2.05) is 19.9 Å². The summed E-state index contributed by atoms with van der Waals surface area (Å²) in [6.45, 7) is 5.23. The monoisotopic (exact) mass is 188 g/mol. The van der Waals surface area contributed by atoms with Gasteiger partial charge in [0.15, 0.2) is 0 Å². The Kier molecular flexibility index (Phi) is 2.88. The van der Waals surface area contributed by atoms with Crippen LogP contribution < -0.4 is 5.32 Å². The summed E-state index contributed by atoms with van der Waals surface area (Å²) in [6.07, 6.45) is 0. The van der Waals surface area contributed by atoms with E-state index in [-0.39, 0.29) is 5.91 Å². The lowest BCUT2D eigenvalue weighted by Crippen LogP contribution is -2.09. The molecule has 0 bridgehead atoms. The van der Waals surface area contributed by atoms with Gasteiger partial charge in [-0.2, -0.15) is 5.26 Å². The van der Waals surface area contributed by atoms with Crippen molar-refractivity contribution in [2.45, 2.75) is 20.8 Å². The maximum absolute atomic E-state index is 10.9. The second-order valence-corrected chi connectivity index (χ2v) is 3.30. The fourth-order valence-corrected chi connectivity index (χ4v) is 1.40. The summed E-state index contributed by atoms with van der Waals surface area (Å²) in [7, 11) is 0. The number of carbonyl (C=O) groups excluding carboxylic acids is 1. The summed E-state index contributed by atoms with van der Waals surface area (Å²) in [5, 5.41) is 11.5. The summed E-state index contributed by atoms with van der Waals surface area (Å²) in [4.78, 5) is 10.9. The number of rotatable bonds is 1. The molecule has 0 spiro atoms. The zero-order valence-electron chi connectivity index (χ0n) is 8.51. The molecule has 0 unspecified atom stereocenters. The molecule has 3 heteroatoms. The zero-order valence-corrected chi connectivity index (χ0v) is 8.51. The Labute approximate surface area is 83.4 Å². The number of nitrogens with one attached hydrogen (secondary N) is 1. The summed E-state index contributed by atoms with van der Waals surface area (Å²) in [5.74, 6) is -0.159. The Balaban J connectivity index is 3.27. The quantitative estimate of drug-likeness (QED) is 0.734. The van der Waals surface area contributed by atoms with Gasteiger partial charge in [0.25, 0.3) is 0 Å². The maximum Gasteiger partial charge on any atom is 0.221 e. The van der Waals surface area contributed by atoms with Crippen LogP contribution in [0.2, 0.25) is 0 Å². The minimum atomic E-state index is -0.159. The van der Waals surface area contributed by atoms with Crippen molar-refractivity contribution >= 4 is 11.6 Å². The molecule has 14 heavy (non-hydrogen) atoms. The minimum absolute atomic E-state index is 0.159. The third kappa shape index (κ3) is 2.11. The molecular weight excluding hydrogens is 176 g/mol. The van der Waals surface area contributed by atoms with Crippen LogP contribution in [0.1, 0.15) is 23.6 Å². The average molecular weight is 188 g/mol. The van der Waals surface area contributed by atoms with Crippen molar-refractivity contribution in [3.05, 3.63) is 28.8 Å². The number of hydrogen-bond donors (Lipinski definition) is 1. The second-order valence-electron chi connectivity index (χ2n) is 3.30. The highest BCUT2D eigenvalue weighted by molar-refractivity contribution is 5.91. The number of nitrogens with zero attached hydrogens (tertiary/aromatic N) is 1. The van der Waals surface area contributed by atoms with Gasteiger partial charge in [0.05, 0.1) is 11.3 Å². The van der Waals surface area contributed by atoms with E-state index < -0.39 is 0 Å². The molecule has 0 saturated heterocycles. The molecule has 0 heterocycles. The first-order valence-electron chi connectivity index (χ1n) is 4.33. The van der Waals surface area contributed by atoms with Crippen molar-refractivity contribution in [3.63, 3.8) is 0 Å². The van der Waals surface area contributed by atoms with Crippen LogP contribution in [0.15, 0.2) is 12.1 Å². The number of aryl methyl sites for hydroxylation is 2. The molecule has 0 aliphatic heterocycles. The van der Waals surface area contributed by atoms with Gasteiger partial charge >= 0.3 is 0 Å². The molecule has 1 aromatic rings. The first-order valence-corrected chi connectivity index (χ1v) is 4.33. The largest absolute Gasteiger partial charge is 0.325 e. The summed E-state index contributed by atoms with van der Waals surface area (Å²) in [5.41, 5.74) is 3.06. The highest BCUT2D eigenvalue weighted by Gasteiger charge is 2.07. The van der Waals surface area contributed by atoms with Gasteiger partial charge in [0.1, 0.15) is 6.07 Å². The van der Waals surface area contributed by atoms with E-state index in [1.54, 1.807) is 6.07 Å². The Bertz CT molecular complexity index is 416. The Hall–Kier alpha value is -1.82. The minimum Gasteiger partial charge on any atom is -0.325 e. The highest BCUT2D eigenvalue weighted by atomic mass is 16.1. The van der Waals surface area contributed by atoms with Crippen LogP contribution in [0.5, 0.6) is 0 Å². The lowest BCUT2D eigenvalue weighted by Gasteiger charge is -2.09. The molecule has 72 valence electrons. The summed E-state index contributed by atoms with van der Waals surface area (Å²) >= 11 is 0. The number of benzene rings is 1. The van der Waals surface area contributed by atoms with Crippen molar-refractivity contribution in [3.8, 4) is 6.07 Å². The fraction of sp³-hybridized carbons (Fsp3) is 0.273. The first kappa shape index (κ1) is 10.3. The van der Waals surface area contributed by atoms with E-state index in [9.17, 15) is 4.79 Å². The number of amides is 1. The van der Waals surface area contributed by atoms with E-state index in [4.69, 9.17) is 5.26 Å². The molecule has 0 aliphatic carbocycles. The molecule has 0 fully saturated rings. The third-order valence-electron chi connectivity index (χ3n) is 1.90. The van der Waals surface area contributed by atoms with Gasteiger partial charge in [-0.3, -0.25) is 4.79 Å². The normalized spacial score (nSPS) is 9.29. The first-order chi connectivity index (χ1) is 6.54. The van der Waals surface area contributed by atoms with Crippen LogP contribution in [0.3, 0.4) is 0 Å². The van der Waals surface area contributed by atoms with E-state index >= 15 is 0 Å². The Morgan fingerprint density at radius 1 is 1.43 bits per heavy atom. The summed E-state index contributed by atoms with van der Waals surface area (Å²) < 4.78 is 0. The molecular formula is C11H12N2O. The van der Waals surface area contributed by atoms with Gasteiger partial charge in [-0.25, -0.2) is 0 Å². The van der Waals surface area contributed by atoms with Crippen LogP contribution in [-0.2, 0) is 4.79 Å². The van der Waals surface area contributed by atoms with Crippen molar-refractivity contribution in [1.29, 1.82) is 5.26 Å². The zero-order chi connectivity index (χ0) is 10.7. The number of carbonyl (C=O) groups is 1. The topological polar surface area (TPSA) is 52.9 Å². The SMILES string of the molecule is CC(=O)Nc1c(C)cc(C)cc1C#N. The van der Waals surface area contributed by atoms with Crippen LogP contribution in [0.25, 0.3) is 0 Å². The van der Waals surface area contributed by atoms with Crippen molar-refractivity contribution in [2.24, 2.45) is 0 Å². The number of anilines is 1. The number of nitriles is 1. The maximum atomic E-state index is 10.9. The predicted octanol–water partition coefficient (Wildman–Crippen LogP) is 2.13. The van der Waals surface area contributed by atoms with Gasteiger partial charge in [-0.05, 0) is 31.0 Å².